The summed E-state index contributed by atoms with van der Waals surface area (Å²) in [5.41, 5.74) is 0. The van der Waals surface area contributed by atoms with Crippen LogP contribution in [0.15, 0.2) is 18.5 Å². The lowest BCUT2D eigenvalue weighted by atomic mass is 9.82. The summed E-state index contributed by atoms with van der Waals surface area (Å²) >= 11 is 0. The van der Waals surface area contributed by atoms with Crippen LogP contribution in [0, 0.1) is 0 Å². The monoisotopic (exact) mass is 248 g/mol. The summed E-state index contributed by atoms with van der Waals surface area (Å²) in [7, 11) is 2.31. The van der Waals surface area contributed by atoms with Crippen LogP contribution in [0.3, 0.4) is 0 Å². The molecule has 0 aromatic carbocycles. The Morgan fingerprint density at radius 3 is 2.72 bits per heavy atom. The van der Waals surface area contributed by atoms with E-state index in [0.717, 1.165) is 25.2 Å². The average molecular weight is 248 g/mol. The van der Waals surface area contributed by atoms with E-state index >= 15 is 0 Å². The second kappa shape index (κ2) is 5.41. The Hall–Kier alpha value is -0.870. The van der Waals surface area contributed by atoms with Crippen molar-refractivity contribution in [3.05, 3.63) is 18.5 Å². The summed E-state index contributed by atoms with van der Waals surface area (Å²) in [5.74, 6) is 0. The largest absolute Gasteiger partial charge is 0.312 e. The number of rotatable bonds is 4. The van der Waals surface area contributed by atoms with E-state index in [9.17, 15) is 0 Å². The number of nitrogens with zero attached hydrogens (tertiary/aromatic N) is 3. The van der Waals surface area contributed by atoms with Gasteiger partial charge in [-0.1, -0.05) is 6.42 Å². The van der Waals surface area contributed by atoms with Gasteiger partial charge in [0.05, 0.1) is 6.54 Å². The molecule has 2 unspecified atom stereocenters. The smallest absolute Gasteiger partial charge is 0.0534 e. The number of hydrogen-bond acceptors (Lipinski definition) is 3. The molecule has 0 radical (unpaired) electrons. The minimum Gasteiger partial charge on any atom is -0.312 e. The molecule has 100 valence electrons. The van der Waals surface area contributed by atoms with Gasteiger partial charge in [0.2, 0.25) is 0 Å². The molecule has 3 heterocycles. The molecule has 0 amide bonds. The van der Waals surface area contributed by atoms with Gasteiger partial charge in [0.1, 0.15) is 0 Å². The van der Waals surface area contributed by atoms with Crippen molar-refractivity contribution in [1.82, 2.24) is 20.0 Å². The highest BCUT2D eigenvalue weighted by Gasteiger charge is 2.35. The van der Waals surface area contributed by atoms with Crippen molar-refractivity contribution >= 4 is 0 Å². The van der Waals surface area contributed by atoms with Crippen molar-refractivity contribution in [2.75, 3.05) is 13.6 Å². The maximum atomic E-state index is 4.24. The SMILES string of the molecule is CN1C2CCCC1CC(NCCn1cccn1)C2. The minimum absolute atomic E-state index is 0.715. The lowest BCUT2D eigenvalue weighted by Crippen LogP contribution is -2.54. The molecular weight excluding hydrogens is 224 g/mol. The summed E-state index contributed by atoms with van der Waals surface area (Å²) in [6, 6.07) is 4.34. The van der Waals surface area contributed by atoms with Crippen LogP contribution in [-0.2, 0) is 6.54 Å². The predicted octanol–water partition coefficient (Wildman–Crippen LogP) is 1.49. The van der Waals surface area contributed by atoms with Crippen LogP contribution in [0.5, 0.6) is 0 Å². The zero-order chi connectivity index (χ0) is 12.4. The van der Waals surface area contributed by atoms with Gasteiger partial charge in [-0.3, -0.25) is 4.68 Å². The Balaban J connectivity index is 1.46. The number of hydrogen-bond donors (Lipinski definition) is 1. The molecule has 2 aliphatic rings. The molecule has 2 bridgehead atoms. The highest BCUT2D eigenvalue weighted by molar-refractivity contribution is 4.93. The van der Waals surface area contributed by atoms with Gasteiger partial charge < -0.3 is 10.2 Å². The molecule has 4 heteroatoms. The van der Waals surface area contributed by atoms with E-state index in [4.69, 9.17) is 0 Å². The van der Waals surface area contributed by atoms with Crippen molar-refractivity contribution < 1.29 is 0 Å². The summed E-state index contributed by atoms with van der Waals surface area (Å²) in [6.07, 6.45) is 10.7. The zero-order valence-corrected chi connectivity index (χ0v) is 11.3. The van der Waals surface area contributed by atoms with Crippen LogP contribution in [0.25, 0.3) is 0 Å². The molecule has 2 atom stereocenters. The van der Waals surface area contributed by atoms with Gasteiger partial charge in [-0.25, -0.2) is 0 Å². The van der Waals surface area contributed by atoms with Crippen LogP contribution in [0.1, 0.15) is 32.1 Å². The minimum atomic E-state index is 0.715. The molecule has 2 fully saturated rings. The van der Waals surface area contributed by atoms with E-state index in [0.29, 0.717) is 6.04 Å². The van der Waals surface area contributed by atoms with Crippen molar-refractivity contribution in [2.24, 2.45) is 0 Å². The average Bonchev–Trinajstić information content (AvgIpc) is 2.83. The fourth-order valence-corrected chi connectivity index (χ4v) is 3.60. The molecule has 1 N–H and O–H groups in total. The highest BCUT2D eigenvalue weighted by atomic mass is 15.3. The Kier molecular flexibility index (Phi) is 3.66. The van der Waals surface area contributed by atoms with Gasteiger partial charge in [-0.15, -0.1) is 0 Å². The van der Waals surface area contributed by atoms with Gasteiger partial charge in [-0.05, 0) is 38.8 Å². The summed E-state index contributed by atoms with van der Waals surface area (Å²) in [4.78, 5) is 2.62. The third-order valence-electron chi connectivity index (χ3n) is 4.67. The third-order valence-corrected chi connectivity index (χ3v) is 4.67. The molecular formula is C14H24N4. The maximum absolute atomic E-state index is 4.24. The molecule has 0 saturated carbocycles. The topological polar surface area (TPSA) is 33.1 Å². The maximum Gasteiger partial charge on any atom is 0.0534 e. The molecule has 2 aliphatic heterocycles. The second-order valence-corrected chi connectivity index (χ2v) is 5.80. The number of aromatic nitrogens is 2. The van der Waals surface area contributed by atoms with Crippen LogP contribution in [0.4, 0.5) is 0 Å². The predicted molar refractivity (Wildman–Crippen MR) is 72.4 cm³/mol. The fourth-order valence-electron chi connectivity index (χ4n) is 3.60. The van der Waals surface area contributed by atoms with Crippen molar-refractivity contribution in [2.45, 2.75) is 56.8 Å². The first-order valence-corrected chi connectivity index (χ1v) is 7.25. The van der Waals surface area contributed by atoms with E-state index < -0.39 is 0 Å². The van der Waals surface area contributed by atoms with Crippen molar-refractivity contribution in [3.63, 3.8) is 0 Å². The highest BCUT2D eigenvalue weighted by Crippen LogP contribution is 2.32. The number of fused-ring (bicyclic) bond motifs is 2. The van der Waals surface area contributed by atoms with Gasteiger partial charge in [0, 0.05) is 37.1 Å². The van der Waals surface area contributed by atoms with Crippen molar-refractivity contribution in [3.8, 4) is 0 Å². The Morgan fingerprint density at radius 2 is 2.06 bits per heavy atom. The molecule has 0 spiro atoms. The van der Waals surface area contributed by atoms with E-state index in [-0.39, 0.29) is 0 Å². The quantitative estimate of drug-likeness (QED) is 0.876. The summed E-state index contributed by atoms with van der Waals surface area (Å²) in [5, 5.41) is 7.96. The first kappa shape index (κ1) is 12.2. The van der Waals surface area contributed by atoms with E-state index in [1.165, 1.54) is 32.1 Å². The van der Waals surface area contributed by atoms with Gasteiger partial charge in [0.15, 0.2) is 0 Å². The lowest BCUT2D eigenvalue weighted by Gasteiger charge is -2.47. The number of nitrogens with one attached hydrogen (secondary N) is 1. The molecule has 1 aromatic heterocycles. The Morgan fingerprint density at radius 1 is 1.28 bits per heavy atom. The normalized spacial score (nSPS) is 32.6. The molecule has 2 saturated heterocycles. The van der Waals surface area contributed by atoms with Crippen LogP contribution in [-0.4, -0.2) is 46.4 Å². The fraction of sp³-hybridized carbons (Fsp3) is 0.786. The standard InChI is InChI=1S/C14H24N4/c1-17-13-4-2-5-14(17)11-12(10-13)15-7-9-18-8-3-6-16-18/h3,6,8,12-15H,2,4-5,7,9-11H2,1H3. The Labute approximate surface area is 109 Å². The molecule has 4 nitrogen and oxygen atoms in total. The van der Waals surface area contributed by atoms with Crippen LogP contribution < -0.4 is 5.32 Å². The van der Waals surface area contributed by atoms with Crippen molar-refractivity contribution in [1.29, 1.82) is 0 Å². The van der Waals surface area contributed by atoms with Gasteiger partial charge in [0.25, 0.3) is 0 Å². The second-order valence-electron chi connectivity index (χ2n) is 5.80. The number of piperidine rings is 2. The van der Waals surface area contributed by atoms with E-state index in [1.807, 2.05) is 23.1 Å². The molecule has 0 aliphatic carbocycles. The van der Waals surface area contributed by atoms with Crippen LogP contribution in [0.2, 0.25) is 0 Å². The third kappa shape index (κ3) is 2.59. The van der Waals surface area contributed by atoms with E-state index in [2.05, 4.69) is 22.4 Å². The molecule has 1 aromatic rings. The van der Waals surface area contributed by atoms with Gasteiger partial charge >= 0.3 is 0 Å². The lowest BCUT2D eigenvalue weighted by molar-refractivity contribution is 0.0485. The zero-order valence-electron chi connectivity index (χ0n) is 11.3. The molecule has 3 rings (SSSR count). The first-order chi connectivity index (χ1) is 8.83. The van der Waals surface area contributed by atoms with Gasteiger partial charge in [-0.2, -0.15) is 5.10 Å². The molecule has 18 heavy (non-hydrogen) atoms. The Bertz CT molecular complexity index is 348. The first-order valence-electron chi connectivity index (χ1n) is 7.25. The summed E-state index contributed by atoms with van der Waals surface area (Å²) in [6.45, 7) is 2.02. The summed E-state index contributed by atoms with van der Waals surface area (Å²) < 4.78 is 2.00. The van der Waals surface area contributed by atoms with Crippen LogP contribution >= 0.6 is 0 Å². The van der Waals surface area contributed by atoms with E-state index in [1.54, 1.807) is 0 Å².